The molecule has 0 saturated carbocycles. The standard InChI is InChI=1S/C17H23N3O3/c1-23-9-12-3-2-4-15(20-12)19-11-6-5-10-7-14(21)16(17(18)22)13(10)8-11/h5-6,8,12,14,16,21H,2-4,7,9H2,1H3,(H2,18,22)(H,19,20)/t12?,14-,16?/m1/s1. The second kappa shape index (κ2) is 6.68. The number of hydrogen-bond acceptors (Lipinski definition) is 4. The van der Waals surface area contributed by atoms with Crippen LogP contribution in [-0.4, -0.2) is 42.7 Å². The summed E-state index contributed by atoms with van der Waals surface area (Å²) < 4.78 is 5.20. The van der Waals surface area contributed by atoms with Crippen LogP contribution in [0.3, 0.4) is 0 Å². The number of piperidine rings is 1. The smallest absolute Gasteiger partial charge is 0.227 e. The van der Waals surface area contributed by atoms with Gasteiger partial charge in [0.1, 0.15) is 5.84 Å². The number of aliphatic hydroxyl groups excluding tert-OH is 1. The van der Waals surface area contributed by atoms with Crippen molar-refractivity contribution in [2.45, 2.75) is 43.7 Å². The van der Waals surface area contributed by atoms with Crippen LogP contribution in [0.2, 0.25) is 0 Å². The van der Waals surface area contributed by atoms with Gasteiger partial charge in [0.15, 0.2) is 0 Å². The van der Waals surface area contributed by atoms with E-state index in [1.165, 1.54) is 0 Å². The lowest BCUT2D eigenvalue weighted by Gasteiger charge is -2.25. The highest BCUT2D eigenvalue weighted by Crippen LogP contribution is 2.35. The molecule has 1 aliphatic carbocycles. The number of nitrogens with zero attached hydrogens (tertiary/aromatic N) is 1. The zero-order valence-corrected chi connectivity index (χ0v) is 13.3. The maximum Gasteiger partial charge on any atom is 0.227 e. The Bertz CT molecular complexity index is 628. The van der Waals surface area contributed by atoms with Crippen molar-refractivity contribution in [2.24, 2.45) is 10.7 Å². The molecule has 2 unspecified atom stereocenters. The first kappa shape index (κ1) is 16.0. The van der Waals surface area contributed by atoms with Gasteiger partial charge in [-0.3, -0.25) is 4.79 Å². The Labute approximate surface area is 135 Å². The fourth-order valence-electron chi connectivity index (χ4n) is 3.49. The van der Waals surface area contributed by atoms with E-state index in [-0.39, 0.29) is 0 Å². The zero-order valence-electron chi connectivity index (χ0n) is 13.3. The SMILES string of the molecule is COCC1CCCC(=Nc2ccc3c(c2)C(C(N)=O)[C@H](O)C3)N1. The van der Waals surface area contributed by atoms with E-state index in [1.807, 2.05) is 18.2 Å². The van der Waals surface area contributed by atoms with Gasteiger partial charge in [0, 0.05) is 13.5 Å². The first-order valence-electron chi connectivity index (χ1n) is 8.01. The number of nitrogens with one attached hydrogen (secondary N) is 1. The van der Waals surface area contributed by atoms with Gasteiger partial charge in [-0.15, -0.1) is 0 Å². The van der Waals surface area contributed by atoms with E-state index in [0.29, 0.717) is 19.1 Å². The summed E-state index contributed by atoms with van der Waals surface area (Å²) in [6, 6.07) is 6.01. The molecular weight excluding hydrogens is 294 g/mol. The molecule has 4 N–H and O–H groups in total. The Kier molecular flexibility index (Phi) is 4.63. The van der Waals surface area contributed by atoms with Crippen LogP contribution in [0.5, 0.6) is 0 Å². The van der Waals surface area contributed by atoms with Crippen molar-refractivity contribution < 1.29 is 14.6 Å². The Balaban J connectivity index is 1.82. The van der Waals surface area contributed by atoms with Crippen LogP contribution in [0, 0.1) is 0 Å². The molecule has 1 amide bonds. The van der Waals surface area contributed by atoms with Crippen molar-refractivity contribution in [2.75, 3.05) is 13.7 Å². The fraction of sp³-hybridized carbons (Fsp3) is 0.529. The minimum Gasteiger partial charge on any atom is -0.392 e. The number of carbonyl (C=O) groups is 1. The van der Waals surface area contributed by atoms with Gasteiger partial charge in [-0.2, -0.15) is 0 Å². The number of amidine groups is 1. The van der Waals surface area contributed by atoms with Gasteiger partial charge in [-0.25, -0.2) is 4.99 Å². The molecule has 124 valence electrons. The topological polar surface area (TPSA) is 96.9 Å². The van der Waals surface area contributed by atoms with E-state index in [2.05, 4.69) is 10.3 Å². The van der Waals surface area contributed by atoms with E-state index in [1.54, 1.807) is 7.11 Å². The maximum atomic E-state index is 11.6. The summed E-state index contributed by atoms with van der Waals surface area (Å²) in [7, 11) is 1.70. The van der Waals surface area contributed by atoms with Crippen molar-refractivity contribution in [3.05, 3.63) is 29.3 Å². The van der Waals surface area contributed by atoms with Gasteiger partial charge in [-0.05, 0) is 42.5 Å². The Morgan fingerprint density at radius 1 is 1.52 bits per heavy atom. The molecule has 0 radical (unpaired) electrons. The van der Waals surface area contributed by atoms with E-state index in [0.717, 1.165) is 41.9 Å². The molecule has 0 bridgehead atoms. The van der Waals surface area contributed by atoms with Crippen LogP contribution < -0.4 is 11.1 Å². The molecule has 1 fully saturated rings. The van der Waals surface area contributed by atoms with E-state index < -0.39 is 17.9 Å². The van der Waals surface area contributed by atoms with E-state index in [4.69, 9.17) is 10.5 Å². The minimum absolute atomic E-state index is 0.294. The highest BCUT2D eigenvalue weighted by Gasteiger charge is 2.35. The number of hydrogen-bond donors (Lipinski definition) is 3. The lowest BCUT2D eigenvalue weighted by molar-refractivity contribution is -0.121. The number of nitrogens with two attached hydrogens (primary N) is 1. The molecule has 2 aliphatic rings. The highest BCUT2D eigenvalue weighted by atomic mass is 16.5. The van der Waals surface area contributed by atoms with Crippen molar-refractivity contribution in [1.29, 1.82) is 0 Å². The molecular formula is C17H23N3O3. The van der Waals surface area contributed by atoms with Crippen LogP contribution in [0.1, 0.15) is 36.3 Å². The summed E-state index contributed by atoms with van der Waals surface area (Å²) in [4.78, 5) is 16.3. The van der Waals surface area contributed by atoms with Crippen molar-refractivity contribution in [3.8, 4) is 0 Å². The maximum absolute atomic E-state index is 11.6. The van der Waals surface area contributed by atoms with Crippen LogP contribution in [0.4, 0.5) is 5.69 Å². The molecule has 0 spiro atoms. The first-order valence-corrected chi connectivity index (χ1v) is 8.01. The first-order chi connectivity index (χ1) is 11.1. The number of primary amides is 1. The summed E-state index contributed by atoms with van der Waals surface area (Å²) >= 11 is 0. The van der Waals surface area contributed by atoms with Crippen LogP contribution in [-0.2, 0) is 16.0 Å². The van der Waals surface area contributed by atoms with Crippen molar-refractivity contribution >= 4 is 17.4 Å². The van der Waals surface area contributed by atoms with Gasteiger partial charge in [0.05, 0.1) is 30.4 Å². The number of aliphatic hydroxyl groups is 1. The Morgan fingerprint density at radius 2 is 2.35 bits per heavy atom. The molecule has 6 nitrogen and oxygen atoms in total. The lowest BCUT2D eigenvalue weighted by atomic mass is 9.99. The number of ether oxygens (including phenoxy) is 1. The molecule has 1 saturated heterocycles. The van der Waals surface area contributed by atoms with Gasteiger partial charge in [-0.1, -0.05) is 6.07 Å². The van der Waals surface area contributed by atoms with E-state index >= 15 is 0 Å². The van der Waals surface area contributed by atoms with Crippen LogP contribution >= 0.6 is 0 Å². The van der Waals surface area contributed by atoms with Gasteiger partial charge in [0.25, 0.3) is 0 Å². The predicted molar refractivity (Wildman–Crippen MR) is 87.8 cm³/mol. The van der Waals surface area contributed by atoms with Gasteiger partial charge >= 0.3 is 0 Å². The van der Waals surface area contributed by atoms with Crippen LogP contribution in [0.25, 0.3) is 0 Å². The summed E-state index contributed by atoms with van der Waals surface area (Å²) in [5.74, 6) is -0.185. The number of fused-ring (bicyclic) bond motifs is 1. The van der Waals surface area contributed by atoms with Gasteiger partial charge < -0.3 is 20.9 Å². The summed E-state index contributed by atoms with van der Waals surface area (Å²) in [5.41, 5.74) is 7.98. The quantitative estimate of drug-likeness (QED) is 0.771. The third-order valence-electron chi connectivity index (χ3n) is 4.55. The monoisotopic (exact) mass is 317 g/mol. The lowest BCUT2D eigenvalue weighted by Crippen LogP contribution is -2.41. The number of methoxy groups -OCH3 is 1. The molecule has 23 heavy (non-hydrogen) atoms. The third kappa shape index (κ3) is 3.38. The van der Waals surface area contributed by atoms with Crippen molar-refractivity contribution in [3.63, 3.8) is 0 Å². The highest BCUT2D eigenvalue weighted by molar-refractivity contribution is 5.87. The molecule has 6 heteroatoms. The molecule has 1 aromatic carbocycles. The largest absolute Gasteiger partial charge is 0.392 e. The summed E-state index contributed by atoms with van der Waals surface area (Å²) in [6.45, 7) is 0.666. The fourth-order valence-corrected chi connectivity index (χ4v) is 3.49. The second-order valence-corrected chi connectivity index (χ2v) is 6.28. The number of rotatable bonds is 4. The number of carbonyl (C=O) groups excluding carboxylic acids is 1. The molecule has 1 aliphatic heterocycles. The number of benzene rings is 1. The van der Waals surface area contributed by atoms with Crippen molar-refractivity contribution in [1.82, 2.24) is 5.32 Å². The summed E-state index contributed by atoms with van der Waals surface area (Å²) in [6.07, 6.45) is 2.79. The Hall–Kier alpha value is -1.92. The molecule has 1 aromatic rings. The van der Waals surface area contributed by atoms with Crippen LogP contribution in [0.15, 0.2) is 23.2 Å². The zero-order chi connectivity index (χ0) is 16.4. The van der Waals surface area contributed by atoms with E-state index in [9.17, 15) is 9.90 Å². The molecule has 3 atom stereocenters. The summed E-state index contributed by atoms with van der Waals surface area (Å²) in [5, 5.41) is 13.4. The second-order valence-electron chi connectivity index (χ2n) is 6.28. The van der Waals surface area contributed by atoms with Gasteiger partial charge in [0.2, 0.25) is 5.91 Å². The Morgan fingerprint density at radius 3 is 3.09 bits per heavy atom. The molecule has 3 rings (SSSR count). The normalized spacial score (nSPS) is 28.4. The average Bonchev–Trinajstić information content (AvgIpc) is 2.83. The molecule has 1 heterocycles. The third-order valence-corrected chi connectivity index (χ3v) is 4.55. The number of aliphatic imine (C=N–C) groups is 1. The predicted octanol–water partition coefficient (Wildman–Crippen LogP) is 0.991. The number of amides is 1. The molecule has 0 aromatic heterocycles. The average molecular weight is 317 g/mol. The minimum atomic E-state index is -0.732.